The summed E-state index contributed by atoms with van der Waals surface area (Å²) in [5.41, 5.74) is 3.26. The second-order valence-corrected chi connectivity index (χ2v) is 10.4. The number of benzene rings is 2. The molecule has 216 valence electrons. The molecule has 0 bridgehead atoms. The number of nitrogens with one attached hydrogen (secondary N) is 3. The molecule has 1 aliphatic heterocycles. The Kier molecular flexibility index (Phi) is 7.74. The zero-order valence-electron chi connectivity index (χ0n) is 23.9. The van der Waals surface area contributed by atoms with Crippen LogP contribution in [0.1, 0.15) is 34.5 Å². The van der Waals surface area contributed by atoms with Gasteiger partial charge in [0.1, 0.15) is 22.6 Å². The van der Waals surface area contributed by atoms with E-state index in [4.69, 9.17) is 19.6 Å². The molecule has 1 atom stereocenters. The van der Waals surface area contributed by atoms with Crippen LogP contribution in [-0.2, 0) is 13.6 Å². The quantitative estimate of drug-likeness (QED) is 0.234. The van der Waals surface area contributed by atoms with E-state index in [9.17, 15) is 4.79 Å². The zero-order chi connectivity index (χ0) is 29.1. The molecular formula is C31H34N8O3. The highest BCUT2D eigenvalue weighted by Gasteiger charge is 2.21. The minimum Gasteiger partial charge on any atom is -0.497 e. The first kappa shape index (κ1) is 27.3. The predicted octanol–water partition coefficient (Wildman–Crippen LogP) is 4.74. The molecule has 0 spiro atoms. The van der Waals surface area contributed by atoms with Crippen LogP contribution in [-0.4, -0.2) is 56.7 Å². The van der Waals surface area contributed by atoms with E-state index in [1.54, 1.807) is 42.3 Å². The van der Waals surface area contributed by atoms with E-state index in [-0.39, 0.29) is 11.9 Å². The lowest BCUT2D eigenvalue weighted by molar-refractivity contribution is 0.102. The van der Waals surface area contributed by atoms with Crippen molar-refractivity contribution in [1.29, 1.82) is 0 Å². The minimum absolute atomic E-state index is 0.238. The summed E-state index contributed by atoms with van der Waals surface area (Å²) in [5.74, 6) is 3.05. The van der Waals surface area contributed by atoms with Gasteiger partial charge in [-0.2, -0.15) is 10.2 Å². The zero-order valence-corrected chi connectivity index (χ0v) is 23.9. The third-order valence-corrected chi connectivity index (χ3v) is 7.42. The van der Waals surface area contributed by atoms with Crippen LogP contribution in [0.3, 0.4) is 0 Å². The Morgan fingerprint density at radius 1 is 1.07 bits per heavy atom. The van der Waals surface area contributed by atoms with Gasteiger partial charge < -0.3 is 25.4 Å². The molecule has 1 aliphatic rings. The Bertz CT molecular complexity index is 1670. The summed E-state index contributed by atoms with van der Waals surface area (Å²) >= 11 is 0. The number of amides is 1. The maximum atomic E-state index is 12.8. The third-order valence-electron chi connectivity index (χ3n) is 7.42. The Hall–Kier alpha value is -4.90. The van der Waals surface area contributed by atoms with Crippen molar-refractivity contribution in [2.45, 2.75) is 32.4 Å². The molecule has 1 fully saturated rings. The molecule has 1 amide bonds. The highest BCUT2D eigenvalue weighted by Crippen LogP contribution is 2.35. The van der Waals surface area contributed by atoms with Gasteiger partial charge >= 0.3 is 0 Å². The number of hydrogen-bond acceptors (Lipinski definition) is 8. The van der Waals surface area contributed by atoms with Crippen molar-refractivity contribution in [1.82, 2.24) is 29.9 Å². The summed E-state index contributed by atoms with van der Waals surface area (Å²) in [7, 11) is 3.49. The second-order valence-electron chi connectivity index (χ2n) is 10.4. The molecule has 0 aliphatic carbocycles. The van der Waals surface area contributed by atoms with Crippen molar-refractivity contribution < 1.29 is 14.3 Å². The lowest BCUT2D eigenvalue weighted by Gasteiger charge is -2.23. The molecule has 0 radical (unpaired) electrons. The molecule has 11 heteroatoms. The van der Waals surface area contributed by atoms with E-state index < -0.39 is 0 Å². The van der Waals surface area contributed by atoms with E-state index in [0.29, 0.717) is 29.4 Å². The summed E-state index contributed by atoms with van der Waals surface area (Å²) in [5, 5.41) is 20.0. The normalized spacial score (nSPS) is 15.0. The van der Waals surface area contributed by atoms with Gasteiger partial charge in [0, 0.05) is 49.2 Å². The first-order valence-corrected chi connectivity index (χ1v) is 14.0. The number of pyridine rings is 1. The number of aromatic nitrogens is 5. The number of ether oxygens (including phenoxy) is 2. The molecule has 5 aromatic rings. The number of carbonyl (C=O) groups is 1. The molecule has 0 unspecified atom stereocenters. The number of fused-ring (bicyclic) bond motifs is 1. The third kappa shape index (κ3) is 5.91. The van der Waals surface area contributed by atoms with Gasteiger partial charge in [-0.15, -0.1) is 0 Å². The largest absolute Gasteiger partial charge is 0.497 e. The Balaban J connectivity index is 1.27. The van der Waals surface area contributed by atoms with Gasteiger partial charge in [0.05, 0.1) is 13.7 Å². The fourth-order valence-electron chi connectivity index (χ4n) is 5.05. The Labute approximate surface area is 243 Å². The molecule has 3 N–H and O–H groups in total. The molecule has 0 saturated carbocycles. The van der Waals surface area contributed by atoms with Crippen LogP contribution in [0, 0.1) is 6.92 Å². The monoisotopic (exact) mass is 566 g/mol. The van der Waals surface area contributed by atoms with E-state index in [2.05, 4.69) is 21.0 Å². The number of nitrogens with zero attached hydrogens (tertiary/aromatic N) is 5. The maximum absolute atomic E-state index is 12.8. The van der Waals surface area contributed by atoms with Crippen molar-refractivity contribution in [2.75, 3.05) is 30.8 Å². The number of carbonyl (C=O) groups excluding carboxylic acids is 1. The molecule has 1 saturated heterocycles. The smallest absolute Gasteiger partial charge is 0.256 e. The van der Waals surface area contributed by atoms with Gasteiger partial charge in [-0.1, -0.05) is 12.1 Å². The maximum Gasteiger partial charge on any atom is 0.256 e. The summed E-state index contributed by atoms with van der Waals surface area (Å²) in [6, 6.07) is 18.9. The number of piperidine rings is 1. The van der Waals surface area contributed by atoms with Crippen LogP contribution in [0.25, 0.3) is 11.0 Å². The predicted molar refractivity (Wildman–Crippen MR) is 162 cm³/mol. The van der Waals surface area contributed by atoms with Crippen molar-refractivity contribution in [3.05, 3.63) is 83.7 Å². The highest BCUT2D eigenvalue weighted by molar-refractivity contribution is 6.03. The number of aryl methyl sites for hydroxylation is 2. The van der Waals surface area contributed by atoms with Gasteiger partial charge in [-0.3, -0.25) is 9.48 Å². The molecule has 3 aromatic heterocycles. The van der Waals surface area contributed by atoms with Crippen LogP contribution in [0.2, 0.25) is 0 Å². The Morgan fingerprint density at radius 3 is 2.55 bits per heavy atom. The lowest BCUT2D eigenvalue weighted by atomic mass is 10.1. The second kappa shape index (κ2) is 11.9. The molecule has 42 heavy (non-hydrogen) atoms. The van der Waals surface area contributed by atoms with Crippen LogP contribution in [0.5, 0.6) is 17.2 Å². The standard InChI is InChI=1S/C31H34N8O3/c1-20-17-27(36-38(20)2)35-31(40)22-8-12-25(13-9-22)42-26-14-16-33-30-28(26)29(34-23-5-4-15-32-18-23)37-39(30)19-21-6-10-24(41-3)11-7-21/h6-14,16-17,23,32H,4-5,15,18-19H2,1-3H3,(H,34,37)(H,35,36,40)/t23-/m1/s1. The van der Waals surface area contributed by atoms with Crippen LogP contribution >= 0.6 is 0 Å². The van der Waals surface area contributed by atoms with E-state index in [1.165, 1.54) is 0 Å². The first-order valence-electron chi connectivity index (χ1n) is 14.0. The number of methoxy groups -OCH3 is 1. The first-order chi connectivity index (χ1) is 20.5. The van der Waals surface area contributed by atoms with E-state index in [1.807, 2.05) is 55.1 Å². The minimum atomic E-state index is -0.238. The van der Waals surface area contributed by atoms with Crippen molar-refractivity contribution in [3.8, 4) is 17.2 Å². The number of anilines is 2. The van der Waals surface area contributed by atoms with Crippen LogP contribution < -0.4 is 25.4 Å². The van der Waals surface area contributed by atoms with E-state index in [0.717, 1.165) is 59.8 Å². The fraction of sp³-hybridized carbons (Fsp3) is 0.290. The molecule has 4 heterocycles. The van der Waals surface area contributed by atoms with Crippen LogP contribution in [0.15, 0.2) is 66.9 Å². The van der Waals surface area contributed by atoms with Gasteiger partial charge in [0.2, 0.25) is 0 Å². The van der Waals surface area contributed by atoms with Crippen molar-refractivity contribution >= 4 is 28.6 Å². The lowest BCUT2D eigenvalue weighted by Crippen LogP contribution is -2.38. The number of rotatable bonds is 9. The average molecular weight is 567 g/mol. The molecule has 11 nitrogen and oxygen atoms in total. The van der Waals surface area contributed by atoms with Gasteiger partial charge in [-0.05, 0) is 68.3 Å². The van der Waals surface area contributed by atoms with Gasteiger partial charge in [-0.25, -0.2) is 9.67 Å². The average Bonchev–Trinajstić information content (AvgIpc) is 3.52. The summed E-state index contributed by atoms with van der Waals surface area (Å²) in [6.07, 6.45) is 3.88. The van der Waals surface area contributed by atoms with Crippen molar-refractivity contribution in [3.63, 3.8) is 0 Å². The van der Waals surface area contributed by atoms with Crippen LogP contribution in [0.4, 0.5) is 11.6 Å². The van der Waals surface area contributed by atoms with E-state index >= 15 is 0 Å². The Morgan fingerprint density at radius 2 is 1.86 bits per heavy atom. The molecular weight excluding hydrogens is 532 g/mol. The molecule has 2 aromatic carbocycles. The van der Waals surface area contributed by atoms with Crippen molar-refractivity contribution in [2.24, 2.45) is 7.05 Å². The topological polar surface area (TPSA) is 120 Å². The SMILES string of the molecule is COc1ccc(Cn2nc(N[C@@H]3CCCNC3)c3c(Oc4ccc(C(=O)Nc5cc(C)n(C)n5)cc4)ccnc32)cc1. The fourth-order valence-corrected chi connectivity index (χ4v) is 5.05. The summed E-state index contributed by atoms with van der Waals surface area (Å²) < 4.78 is 15.3. The highest BCUT2D eigenvalue weighted by atomic mass is 16.5. The molecule has 6 rings (SSSR count). The summed E-state index contributed by atoms with van der Waals surface area (Å²) in [4.78, 5) is 17.5. The van der Waals surface area contributed by atoms with Gasteiger partial charge in [0.15, 0.2) is 17.3 Å². The number of hydrogen-bond donors (Lipinski definition) is 3. The summed E-state index contributed by atoms with van der Waals surface area (Å²) in [6.45, 7) is 4.36. The van der Waals surface area contributed by atoms with Gasteiger partial charge in [0.25, 0.3) is 5.91 Å².